The van der Waals surface area contributed by atoms with E-state index in [1.54, 1.807) is 0 Å². The molecule has 1 aliphatic rings. The van der Waals surface area contributed by atoms with Crippen LogP contribution in [-0.2, 0) is 27.1 Å². The average molecular weight is 376 g/mol. The number of H-pyrrole nitrogens is 1. The Kier molecular flexibility index (Phi) is 3.89. The summed E-state index contributed by atoms with van der Waals surface area (Å²) in [6.45, 7) is 3.39. The van der Waals surface area contributed by atoms with Gasteiger partial charge in [-0.3, -0.25) is 14.3 Å². The molecular weight excluding hydrogens is 352 g/mol. The zero-order valence-electron chi connectivity index (χ0n) is 16.3. The van der Waals surface area contributed by atoms with E-state index >= 15 is 0 Å². The fraction of sp³-hybridized carbons (Fsp3) is 0.333. The van der Waals surface area contributed by atoms with E-state index in [4.69, 9.17) is 5.10 Å². The van der Waals surface area contributed by atoms with Crippen LogP contribution in [0.5, 0.6) is 0 Å². The summed E-state index contributed by atoms with van der Waals surface area (Å²) in [5, 5.41) is 20.3. The van der Waals surface area contributed by atoms with Gasteiger partial charge in [0.15, 0.2) is 0 Å². The Morgan fingerprint density at radius 1 is 1.21 bits per heavy atom. The molecule has 0 radical (unpaired) electrons. The number of aliphatic hydroxyl groups excluding tert-OH is 1. The Bertz CT molecular complexity index is 1170. The van der Waals surface area contributed by atoms with Crippen LogP contribution in [-0.4, -0.2) is 47.3 Å². The minimum Gasteiger partial charge on any atom is -0.379 e. The van der Waals surface area contributed by atoms with Gasteiger partial charge in [-0.05, 0) is 24.6 Å². The maximum absolute atomic E-state index is 10.1. The number of aryl methyl sites for hydroxylation is 2. The van der Waals surface area contributed by atoms with E-state index in [-0.39, 0.29) is 0 Å². The molecule has 0 spiro atoms. The Labute approximate surface area is 163 Å². The summed E-state index contributed by atoms with van der Waals surface area (Å²) < 4.78 is 3.81. The normalized spacial score (nSPS) is 15.9. The lowest BCUT2D eigenvalue weighted by Gasteiger charge is -2.29. The van der Waals surface area contributed by atoms with E-state index in [0.717, 1.165) is 46.3 Å². The number of rotatable bonds is 3. The number of aliphatic hydroxyl groups is 1. The highest BCUT2D eigenvalue weighted by Gasteiger charge is 2.27. The molecular formula is C21H24N6O. The number of nitrogens with one attached hydrogen (secondary N) is 1. The second-order valence-corrected chi connectivity index (χ2v) is 7.62. The lowest BCUT2D eigenvalue weighted by molar-refractivity contribution is 0.00886. The Balaban J connectivity index is 1.64. The molecule has 7 nitrogen and oxygen atoms in total. The van der Waals surface area contributed by atoms with E-state index in [1.165, 1.54) is 11.3 Å². The van der Waals surface area contributed by atoms with Crippen LogP contribution in [0.25, 0.3) is 33.3 Å². The minimum atomic E-state index is -0.457. The van der Waals surface area contributed by atoms with Crippen LogP contribution in [0.3, 0.4) is 0 Å². The number of hydrogen-bond donors (Lipinski definition) is 2. The summed E-state index contributed by atoms with van der Waals surface area (Å²) in [7, 11) is 3.94. The van der Waals surface area contributed by atoms with Crippen molar-refractivity contribution in [3.05, 3.63) is 48.0 Å². The van der Waals surface area contributed by atoms with Crippen molar-refractivity contribution in [2.45, 2.75) is 26.1 Å². The van der Waals surface area contributed by atoms with Gasteiger partial charge in [0, 0.05) is 79.3 Å². The molecule has 144 valence electrons. The van der Waals surface area contributed by atoms with Crippen molar-refractivity contribution < 1.29 is 5.11 Å². The van der Waals surface area contributed by atoms with E-state index in [1.807, 2.05) is 49.0 Å². The van der Waals surface area contributed by atoms with Crippen LogP contribution in [0.15, 0.2) is 36.8 Å². The van der Waals surface area contributed by atoms with Crippen molar-refractivity contribution in [1.29, 1.82) is 0 Å². The molecule has 1 aliphatic heterocycles. The first-order chi connectivity index (χ1) is 13.5. The molecule has 4 heterocycles. The van der Waals surface area contributed by atoms with Gasteiger partial charge in [-0.25, -0.2) is 0 Å². The third-order valence-corrected chi connectivity index (χ3v) is 5.78. The van der Waals surface area contributed by atoms with Gasteiger partial charge in [0.25, 0.3) is 0 Å². The van der Waals surface area contributed by atoms with Gasteiger partial charge in [-0.2, -0.15) is 10.2 Å². The highest BCUT2D eigenvalue weighted by molar-refractivity contribution is 5.97. The molecule has 0 saturated carbocycles. The summed E-state index contributed by atoms with van der Waals surface area (Å²) in [5.74, 6) is 0. The van der Waals surface area contributed by atoms with Gasteiger partial charge in [-0.1, -0.05) is 6.07 Å². The lowest BCUT2D eigenvalue weighted by atomic mass is 9.99. The third kappa shape index (κ3) is 2.66. The van der Waals surface area contributed by atoms with E-state index < -0.39 is 6.23 Å². The Morgan fingerprint density at radius 2 is 2.07 bits per heavy atom. The van der Waals surface area contributed by atoms with E-state index in [9.17, 15) is 5.11 Å². The topological polar surface area (TPSA) is 74.9 Å². The van der Waals surface area contributed by atoms with Gasteiger partial charge in [0.1, 0.15) is 6.23 Å². The van der Waals surface area contributed by atoms with E-state index in [0.29, 0.717) is 6.54 Å². The summed E-state index contributed by atoms with van der Waals surface area (Å²) in [6, 6.07) is 6.43. The van der Waals surface area contributed by atoms with Gasteiger partial charge in [-0.15, -0.1) is 0 Å². The molecule has 1 unspecified atom stereocenters. The fourth-order valence-electron chi connectivity index (χ4n) is 4.21. The molecule has 0 amide bonds. The summed E-state index contributed by atoms with van der Waals surface area (Å²) in [6.07, 6.45) is 6.39. The number of aromatic nitrogens is 5. The highest BCUT2D eigenvalue weighted by Crippen LogP contribution is 2.36. The SMILES string of the molecule is CC(O)N1CCc2c(c(-c3c[nH]c4ccc(-c5cnn(C)c5)cc34)nn2C)C1. The second-order valence-electron chi connectivity index (χ2n) is 7.62. The van der Waals surface area contributed by atoms with Gasteiger partial charge >= 0.3 is 0 Å². The van der Waals surface area contributed by atoms with Crippen molar-refractivity contribution in [2.75, 3.05) is 6.54 Å². The number of benzene rings is 1. The fourth-order valence-corrected chi connectivity index (χ4v) is 4.21. The minimum absolute atomic E-state index is 0.457. The van der Waals surface area contributed by atoms with Crippen molar-refractivity contribution >= 4 is 10.9 Å². The van der Waals surface area contributed by atoms with Crippen molar-refractivity contribution in [3.8, 4) is 22.4 Å². The quantitative estimate of drug-likeness (QED) is 0.576. The van der Waals surface area contributed by atoms with E-state index in [2.05, 4.69) is 33.2 Å². The number of aromatic amines is 1. The Hall–Kier alpha value is -2.90. The molecule has 28 heavy (non-hydrogen) atoms. The predicted octanol–water partition coefficient (Wildman–Crippen LogP) is 2.67. The molecule has 2 N–H and O–H groups in total. The molecule has 3 aromatic heterocycles. The summed E-state index contributed by atoms with van der Waals surface area (Å²) in [5.41, 5.74) is 7.89. The highest BCUT2D eigenvalue weighted by atomic mass is 16.3. The molecule has 0 saturated heterocycles. The zero-order chi connectivity index (χ0) is 19.4. The van der Waals surface area contributed by atoms with Gasteiger partial charge < -0.3 is 10.1 Å². The van der Waals surface area contributed by atoms with Crippen LogP contribution in [0.1, 0.15) is 18.2 Å². The average Bonchev–Trinajstić information content (AvgIpc) is 3.38. The lowest BCUT2D eigenvalue weighted by Crippen LogP contribution is -2.37. The zero-order valence-corrected chi connectivity index (χ0v) is 16.3. The monoisotopic (exact) mass is 376 g/mol. The van der Waals surface area contributed by atoms with Crippen LogP contribution >= 0.6 is 0 Å². The molecule has 7 heteroatoms. The standard InChI is InChI=1S/C21H24N6O/c1-13(28)27-7-6-20-18(12-27)21(24-26(20)3)17-10-22-19-5-4-14(8-16(17)19)15-9-23-25(2)11-15/h4-5,8-11,13,22,28H,6-7,12H2,1-3H3. The van der Waals surface area contributed by atoms with Crippen LogP contribution in [0.4, 0.5) is 0 Å². The van der Waals surface area contributed by atoms with Gasteiger partial charge in [0.2, 0.25) is 0 Å². The summed E-state index contributed by atoms with van der Waals surface area (Å²) >= 11 is 0. The summed E-state index contributed by atoms with van der Waals surface area (Å²) in [4.78, 5) is 5.47. The molecule has 5 rings (SSSR count). The molecule has 0 aliphatic carbocycles. The predicted molar refractivity (Wildman–Crippen MR) is 108 cm³/mol. The first-order valence-corrected chi connectivity index (χ1v) is 9.58. The van der Waals surface area contributed by atoms with Crippen LogP contribution in [0, 0.1) is 0 Å². The molecule has 4 aromatic rings. The second kappa shape index (κ2) is 6.32. The van der Waals surface area contributed by atoms with Crippen LogP contribution in [0.2, 0.25) is 0 Å². The largest absolute Gasteiger partial charge is 0.379 e. The maximum Gasteiger partial charge on any atom is 0.104 e. The first kappa shape index (κ1) is 17.2. The molecule has 0 fully saturated rings. The number of hydrogen-bond acceptors (Lipinski definition) is 4. The van der Waals surface area contributed by atoms with Gasteiger partial charge in [0.05, 0.1) is 11.9 Å². The molecule has 1 aromatic carbocycles. The van der Waals surface area contributed by atoms with Crippen molar-refractivity contribution in [2.24, 2.45) is 14.1 Å². The third-order valence-electron chi connectivity index (χ3n) is 5.78. The molecule has 1 atom stereocenters. The smallest absolute Gasteiger partial charge is 0.104 e. The van der Waals surface area contributed by atoms with Crippen LogP contribution < -0.4 is 0 Å². The number of fused-ring (bicyclic) bond motifs is 2. The maximum atomic E-state index is 10.1. The first-order valence-electron chi connectivity index (χ1n) is 9.58. The number of nitrogens with zero attached hydrogens (tertiary/aromatic N) is 5. The van der Waals surface area contributed by atoms with Crippen molar-refractivity contribution in [3.63, 3.8) is 0 Å². The molecule has 0 bridgehead atoms. The van der Waals surface area contributed by atoms with Crippen molar-refractivity contribution in [1.82, 2.24) is 29.4 Å². The Morgan fingerprint density at radius 3 is 2.82 bits per heavy atom.